The van der Waals surface area contributed by atoms with Gasteiger partial charge < -0.3 is 15.3 Å². The number of carbonyl (C=O) groups is 2. The van der Waals surface area contributed by atoms with E-state index in [4.69, 9.17) is 10.2 Å². The lowest BCUT2D eigenvalue weighted by atomic mass is 10.0. The monoisotopic (exact) mass is 214 g/mol. The van der Waals surface area contributed by atoms with E-state index in [1.54, 1.807) is 0 Å². The molecular formula is C8H10N2O5. The van der Waals surface area contributed by atoms with E-state index in [2.05, 4.69) is 10.2 Å². The highest BCUT2D eigenvalue weighted by atomic mass is 16.4. The summed E-state index contributed by atoms with van der Waals surface area (Å²) < 4.78 is 0. The molecule has 0 saturated heterocycles. The van der Waals surface area contributed by atoms with Crippen LogP contribution in [0.4, 0.5) is 0 Å². The second-order valence-electron chi connectivity index (χ2n) is 3.05. The number of hydrogen-bond donors (Lipinski definition) is 4. The van der Waals surface area contributed by atoms with Gasteiger partial charge in [0.1, 0.15) is 0 Å². The van der Waals surface area contributed by atoms with Crippen LogP contribution in [0.5, 0.6) is 0 Å². The third-order valence-electron chi connectivity index (χ3n) is 1.95. The van der Waals surface area contributed by atoms with Crippen molar-refractivity contribution in [1.82, 2.24) is 10.2 Å². The predicted octanol–water partition coefficient (Wildman–Crippen LogP) is -0.579. The van der Waals surface area contributed by atoms with Crippen molar-refractivity contribution in [3.63, 3.8) is 0 Å². The molecule has 0 unspecified atom stereocenters. The zero-order valence-electron chi connectivity index (χ0n) is 7.69. The standard InChI is InChI=1S/C8H10N2O5/c11-6-3-4(9-10-6)1-2-5(7(12)13)8(14)15/h3,5H,1-2H2,(H,12,13)(H,14,15)(H2,9,10,11). The highest BCUT2D eigenvalue weighted by Crippen LogP contribution is 2.07. The number of H-pyrrole nitrogens is 2. The minimum absolute atomic E-state index is 0.0571. The fraction of sp³-hybridized carbons (Fsp3) is 0.375. The molecule has 0 radical (unpaired) electrons. The minimum Gasteiger partial charge on any atom is -0.481 e. The molecule has 1 aromatic rings. The Labute approximate surface area is 83.7 Å². The molecule has 0 aliphatic heterocycles. The van der Waals surface area contributed by atoms with Crippen LogP contribution < -0.4 is 5.56 Å². The molecule has 7 nitrogen and oxygen atoms in total. The van der Waals surface area contributed by atoms with Crippen LogP contribution in [-0.2, 0) is 16.0 Å². The molecule has 0 aromatic carbocycles. The lowest BCUT2D eigenvalue weighted by molar-refractivity contribution is -0.154. The topological polar surface area (TPSA) is 123 Å². The highest BCUT2D eigenvalue weighted by Gasteiger charge is 2.25. The Kier molecular flexibility index (Phi) is 3.27. The van der Waals surface area contributed by atoms with Crippen LogP contribution in [0, 0.1) is 5.92 Å². The SMILES string of the molecule is O=C(O)C(CCc1cc(=O)[nH][nH]1)C(=O)O. The van der Waals surface area contributed by atoms with Crippen molar-refractivity contribution in [2.75, 3.05) is 0 Å². The molecule has 0 fully saturated rings. The summed E-state index contributed by atoms with van der Waals surface area (Å²) in [4.78, 5) is 31.7. The Bertz CT molecular complexity index is 405. The average molecular weight is 214 g/mol. The molecule has 4 N–H and O–H groups in total. The molecule has 1 aromatic heterocycles. The molecule has 15 heavy (non-hydrogen) atoms. The van der Waals surface area contributed by atoms with Crippen molar-refractivity contribution in [1.29, 1.82) is 0 Å². The highest BCUT2D eigenvalue weighted by molar-refractivity contribution is 5.92. The molecule has 0 aliphatic rings. The van der Waals surface area contributed by atoms with Crippen molar-refractivity contribution in [3.05, 3.63) is 22.1 Å². The minimum atomic E-state index is -1.44. The zero-order valence-corrected chi connectivity index (χ0v) is 7.69. The maximum absolute atomic E-state index is 10.7. The molecule has 0 saturated carbocycles. The van der Waals surface area contributed by atoms with Crippen LogP contribution in [0.15, 0.2) is 10.9 Å². The first-order chi connectivity index (χ1) is 7.00. The Balaban J connectivity index is 2.58. The Morgan fingerprint density at radius 2 is 1.87 bits per heavy atom. The smallest absolute Gasteiger partial charge is 0.317 e. The van der Waals surface area contributed by atoms with E-state index in [1.165, 1.54) is 6.07 Å². The van der Waals surface area contributed by atoms with Crippen molar-refractivity contribution >= 4 is 11.9 Å². The van der Waals surface area contributed by atoms with E-state index in [0.717, 1.165) is 0 Å². The lowest BCUT2D eigenvalue weighted by Gasteiger charge is -2.05. The van der Waals surface area contributed by atoms with Crippen molar-refractivity contribution in [3.8, 4) is 0 Å². The number of aliphatic carboxylic acids is 2. The number of rotatable bonds is 5. The average Bonchev–Trinajstić information content (AvgIpc) is 2.50. The summed E-state index contributed by atoms with van der Waals surface area (Å²) in [7, 11) is 0. The summed E-state index contributed by atoms with van der Waals surface area (Å²) in [6.45, 7) is 0. The number of carboxylic acids is 2. The van der Waals surface area contributed by atoms with Gasteiger partial charge in [0.15, 0.2) is 5.92 Å². The summed E-state index contributed by atoms with van der Waals surface area (Å²) >= 11 is 0. The lowest BCUT2D eigenvalue weighted by Crippen LogP contribution is -2.23. The number of carboxylic acid groups (broad SMARTS) is 2. The molecular weight excluding hydrogens is 204 g/mol. The van der Waals surface area contributed by atoms with Crippen molar-refractivity contribution < 1.29 is 19.8 Å². The van der Waals surface area contributed by atoms with Crippen LogP contribution in [0.2, 0.25) is 0 Å². The van der Waals surface area contributed by atoms with Gasteiger partial charge in [-0.25, -0.2) is 0 Å². The Hall–Kier alpha value is -2.05. The summed E-state index contributed by atoms with van der Waals surface area (Å²) in [5, 5.41) is 21.9. The summed E-state index contributed by atoms with van der Waals surface area (Å²) in [6.07, 6.45) is 0.139. The van der Waals surface area contributed by atoms with E-state index in [1.807, 2.05) is 0 Å². The van der Waals surface area contributed by atoms with Crippen LogP contribution in [-0.4, -0.2) is 32.3 Å². The van der Waals surface area contributed by atoms with E-state index in [-0.39, 0.29) is 18.4 Å². The number of aromatic nitrogens is 2. The summed E-state index contributed by atoms with van der Waals surface area (Å²) in [5.41, 5.74) is 0.166. The van der Waals surface area contributed by atoms with E-state index in [0.29, 0.717) is 5.69 Å². The van der Waals surface area contributed by atoms with Crippen molar-refractivity contribution in [2.24, 2.45) is 5.92 Å². The van der Waals surface area contributed by atoms with Gasteiger partial charge in [-0.05, 0) is 12.8 Å². The molecule has 1 rings (SSSR count). The van der Waals surface area contributed by atoms with Gasteiger partial charge in [0.2, 0.25) is 0 Å². The molecule has 1 heterocycles. The first-order valence-corrected chi connectivity index (χ1v) is 4.23. The van der Waals surface area contributed by atoms with Gasteiger partial charge in [-0.3, -0.25) is 19.5 Å². The normalized spacial score (nSPS) is 10.5. The van der Waals surface area contributed by atoms with E-state index >= 15 is 0 Å². The molecule has 0 aliphatic carbocycles. The van der Waals surface area contributed by atoms with Gasteiger partial charge in [-0.15, -0.1) is 0 Å². The largest absolute Gasteiger partial charge is 0.481 e. The molecule has 7 heteroatoms. The van der Waals surface area contributed by atoms with Gasteiger partial charge in [-0.2, -0.15) is 0 Å². The summed E-state index contributed by atoms with van der Waals surface area (Å²) in [5.74, 6) is -4.19. The number of hydrogen-bond acceptors (Lipinski definition) is 3. The first-order valence-electron chi connectivity index (χ1n) is 4.23. The summed E-state index contributed by atoms with van der Waals surface area (Å²) in [6, 6.07) is 1.26. The fourth-order valence-corrected chi connectivity index (χ4v) is 1.16. The second kappa shape index (κ2) is 4.45. The van der Waals surface area contributed by atoms with E-state index in [9.17, 15) is 14.4 Å². The van der Waals surface area contributed by atoms with Crippen molar-refractivity contribution in [2.45, 2.75) is 12.8 Å². The van der Waals surface area contributed by atoms with Gasteiger partial charge in [0.05, 0.1) is 0 Å². The first kappa shape index (κ1) is 11.0. The third-order valence-corrected chi connectivity index (χ3v) is 1.95. The molecule has 0 atom stereocenters. The van der Waals surface area contributed by atoms with E-state index < -0.39 is 17.9 Å². The number of aromatic amines is 2. The van der Waals surface area contributed by atoms with Crippen LogP contribution in [0.25, 0.3) is 0 Å². The maximum atomic E-state index is 10.7. The third kappa shape index (κ3) is 2.97. The molecule has 0 spiro atoms. The quantitative estimate of drug-likeness (QED) is 0.488. The second-order valence-corrected chi connectivity index (χ2v) is 3.05. The van der Waals surface area contributed by atoms with Crippen LogP contribution >= 0.6 is 0 Å². The predicted molar refractivity (Wildman–Crippen MR) is 48.5 cm³/mol. The number of aryl methyl sites for hydroxylation is 1. The van der Waals surface area contributed by atoms with Gasteiger partial charge in [0, 0.05) is 11.8 Å². The molecule has 0 bridgehead atoms. The molecule has 82 valence electrons. The Morgan fingerprint density at radius 1 is 1.27 bits per heavy atom. The zero-order chi connectivity index (χ0) is 11.4. The van der Waals surface area contributed by atoms with Gasteiger partial charge in [0.25, 0.3) is 5.56 Å². The Morgan fingerprint density at radius 3 is 2.27 bits per heavy atom. The van der Waals surface area contributed by atoms with Gasteiger partial charge in [-0.1, -0.05) is 0 Å². The van der Waals surface area contributed by atoms with Gasteiger partial charge >= 0.3 is 11.9 Å². The molecule has 0 amide bonds. The van der Waals surface area contributed by atoms with Crippen LogP contribution in [0.3, 0.4) is 0 Å². The maximum Gasteiger partial charge on any atom is 0.317 e. The fourth-order valence-electron chi connectivity index (χ4n) is 1.16. The van der Waals surface area contributed by atoms with Crippen LogP contribution in [0.1, 0.15) is 12.1 Å². The number of nitrogens with one attached hydrogen (secondary N) is 2.